The number of imidazole rings is 1. The van der Waals surface area contributed by atoms with E-state index in [1.54, 1.807) is 6.20 Å². The average molecular weight is 284 g/mol. The highest BCUT2D eigenvalue weighted by molar-refractivity contribution is 5.81. The van der Waals surface area contributed by atoms with Crippen molar-refractivity contribution in [3.8, 4) is 11.4 Å². The van der Waals surface area contributed by atoms with Crippen molar-refractivity contribution >= 4 is 11.6 Å². The van der Waals surface area contributed by atoms with Crippen LogP contribution < -0.4 is 5.73 Å². The second kappa shape index (κ2) is 5.60. The lowest BCUT2D eigenvalue weighted by Crippen LogP contribution is -2.34. The molecule has 1 aromatic carbocycles. The van der Waals surface area contributed by atoms with Crippen molar-refractivity contribution in [2.45, 2.75) is 25.8 Å². The summed E-state index contributed by atoms with van der Waals surface area (Å²) in [5, 5.41) is 0. The number of nitrogen functional groups attached to an aromatic ring is 1. The Labute approximate surface area is 124 Å². The lowest BCUT2D eigenvalue weighted by atomic mass is 10.2. The first-order chi connectivity index (χ1) is 10.2. The number of nitrogens with zero attached hydrogens (tertiary/aromatic N) is 3. The summed E-state index contributed by atoms with van der Waals surface area (Å²) >= 11 is 0. The van der Waals surface area contributed by atoms with E-state index in [1.807, 2.05) is 46.9 Å². The number of rotatable bonds is 3. The van der Waals surface area contributed by atoms with E-state index >= 15 is 0 Å². The van der Waals surface area contributed by atoms with Crippen molar-refractivity contribution in [2.75, 3.05) is 18.8 Å². The van der Waals surface area contributed by atoms with Crippen molar-refractivity contribution in [3.63, 3.8) is 0 Å². The van der Waals surface area contributed by atoms with Crippen LogP contribution in [0.3, 0.4) is 0 Å². The van der Waals surface area contributed by atoms with Gasteiger partial charge in [-0.15, -0.1) is 0 Å². The van der Waals surface area contributed by atoms with Crippen LogP contribution in [0.15, 0.2) is 36.7 Å². The highest BCUT2D eigenvalue weighted by atomic mass is 16.2. The van der Waals surface area contributed by atoms with Gasteiger partial charge in [0.05, 0.1) is 0 Å². The molecule has 2 heterocycles. The average Bonchev–Trinajstić information content (AvgIpc) is 3.17. The van der Waals surface area contributed by atoms with Crippen LogP contribution in [0.5, 0.6) is 0 Å². The molecule has 5 nitrogen and oxygen atoms in total. The zero-order valence-electron chi connectivity index (χ0n) is 12.2. The van der Waals surface area contributed by atoms with Crippen molar-refractivity contribution in [1.29, 1.82) is 0 Å². The third-order valence-corrected chi connectivity index (χ3v) is 4.03. The second-order valence-corrected chi connectivity index (χ2v) is 5.49. The summed E-state index contributed by atoms with van der Waals surface area (Å²) in [5.41, 5.74) is 7.41. The molecule has 3 rings (SSSR count). The van der Waals surface area contributed by atoms with E-state index in [0.29, 0.717) is 0 Å². The second-order valence-electron chi connectivity index (χ2n) is 5.49. The van der Waals surface area contributed by atoms with Crippen molar-refractivity contribution in [1.82, 2.24) is 14.5 Å². The van der Waals surface area contributed by atoms with Gasteiger partial charge in [0.1, 0.15) is 11.9 Å². The Morgan fingerprint density at radius 3 is 2.57 bits per heavy atom. The maximum Gasteiger partial charge on any atom is 0.245 e. The Hall–Kier alpha value is -2.30. The molecular formula is C16H20N4O. The van der Waals surface area contributed by atoms with Crippen LogP contribution in [0.25, 0.3) is 11.4 Å². The quantitative estimate of drug-likeness (QED) is 0.880. The van der Waals surface area contributed by atoms with Crippen molar-refractivity contribution in [3.05, 3.63) is 36.7 Å². The van der Waals surface area contributed by atoms with Crippen LogP contribution in [0, 0.1) is 0 Å². The number of hydrogen-bond acceptors (Lipinski definition) is 3. The maximum atomic E-state index is 12.5. The molecule has 0 saturated carbocycles. The van der Waals surface area contributed by atoms with Gasteiger partial charge < -0.3 is 15.2 Å². The lowest BCUT2D eigenvalue weighted by molar-refractivity contribution is -0.133. The van der Waals surface area contributed by atoms with Crippen LogP contribution in [-0.4, -0.2) is 33.4 Å². The molecule has 0 aliphatic carbocycles. The zero-order chi connectivity index (χ0) is 14.8. The highest BCUT2D eigenvalue weighted by Gasteiger charge is 2.25. The summed E-state index contributed by atoms with van der Waals surface area (Å²) in [6.07, 6.45) is 5.81. The van der Waals surface area contributed by atoms with E-state index in [1.165, 1.54) is 0 Å². The Bertz CT molecular complexity index is 626. The van der Waals surface area contributed by atoms with E-state index in [-0.39, 0.29) is 11.9 Å². The van der Waals surface area contributed by atoms with Gasteiger partial charge in [-0.2, -0.15) is 0 Å². The van der Waals surface area contributed by atoms with Crippen LogP contribution >= 0.6 is 0 Å². The summed E-state index contributed by atoms with van der Waals surface area (Å²) in [4.78, 5) is 18.9. The number of benzene rings is 1. The van der Waals surface area contributed by atoms with Crippen molar-refractivity contribution in [2.24, 2.45) is 0 Å². The summed E-state index contributed by atoms with van der Waals surface area (Å²) in [6, 6.07) is 7.32. The van der Waals surface area contributed by atoms with Crippen LogP contribution in [0.1, 0.15) is 25.8 Å². The number of hydrogen-bond donors (Lipinski definition) is 1. The molecule has 1 fully saturated rings. The molecular weight excluding hydrogens is 264 g/mol. The number of anilines is 1. The Morgan fingerprint density at radius 2 is 1.90 bits per heavy atom. The van der Waals surface area contributed by atoms with Crippen LogP contribution in [0.2, 0.25) is 0 Å². The fraction of sp³-hybridized carbons (Fsp3) is 0.375. The van der Waals surface area contributed by atoms with Crippen LogP contribution in [-0.2, 0) is 4.79 Å². The fourth-order valence-corrected chi connectivity index (χ4v) is 2.80. The molecule has 2 N–H and O–H groups in total. The SMILES string of the molecule is CC(C(=O)N1CCCC1)n1ccnc1-c1ccc(N)cc1. The molecule has 5 heteroatoms. The first-order valence-electron chi connectivity index (χ1n) is 7.34. The summed E-state index contributed by atoms with van der Waals surface area (Å²) in [7, 11) is 0. The third-order valence-electron chi connectivity index (χ3n) is 4.03. The molecule has 2 aromatic rings. The van der Waals surface area contributed by atoms with Gasteiger partial charge in [0.2, 0.25) is 5.91 Å². The molecule has 1 amide bonds. The predicted octanol–water partition coefficient (Wildman–Crippen LogP) is 2.32. The van der Waals surface area contributed by atoms with Gasteiger partial charge in [0.15, 0.2) is 0 Å². The Morgan fingerprint density at radius 1 is 1.24 bits per heavy atom. The van der Waals surface area contributed by atoms with Gasteiger partial charge in [-0.25, -0.2) is 4.98 Å². The van der Waals surface area contributed by atoms with Gasteiger partial charge in [-0.05, 0) is 44.0 Å². The molecule has 1 aliphatic rings. The maximum absolute atomic E-state index is 12.5. The van der Waals surface area contributed by atoms with E-state index in [9.17, 15) is 4.79 Å². The molecule has 1 aliphatic heterocycles. The van der Waals surface area contributed by atoms with Gasteiger partial charge in [-0.3, -0.25) is 4.79 Å². The highest BCUT2D eigenvalue weighted by Crippen LogP contribution is 2.24. The van der Waals surface area contributed by atoms with Crippen LogP contribution in [0.4, 0.5) is 5.69 Å². The first-order valence-corrected chi connectivity index (χ1v) is 7.34. The van der Waals surface area contributed by atoms with E-state index in [4.69, 9.17) is 5.73 Å². The largest absolute Gasteiger partial charge is 0.399 e. The molecule has 0 spiro atoms. The number of likely N-dealkylation sites (tertiary alicyclic amines) is 1. The van der Waals surface area contributed by atoms with E-state index in [2.05, 4.69) is 4.98 Å². The fourth-order valence-electron chi connectivity index (χ4n) is 2.80. The van der Waals surface area contributed by atoms with Gasteiger partial charge in [0, 0.05) is 36.7 Å². The minimum Gasteiger partial charge on any atom is -0.399 e. The zero-order valence-corrected chi connectivity index (χ0v) is 12.2. The summed E-state index contributed by atoms with van der Waals surface area (Å²) in [6.45, 7) is 3.67. The summed E-state index contributed by atoms with van der Waals surface area (Å²) < 4.78 is 1.94. The predicted molar refractivity (Wildman–Crippen MR) is 82.6 cm³/mol. The van der Waals surface area contributed by atoms with Gasteiger partial charge in [-0.1, -0.05) is 0 Å². The van der Waals surface area contributed by atoms with Gasteiger partial charge >= 0.3 is 0 Å². The molecule has 1 atom stereocenters. The molecule has 1 aromatic heterocycles. The monoisotopic (exact) mass is 284 g/mol. The Kier molecular flexibility index (Phi) is 3.64. The molecule has 0 radical (unpaired) electrons. The van der Waals surface area contributed by atoms with Crippen molar-refractivity contribution < 1.29 is 4.79 Å². The molecule has 1 saturated heterocycles. The minimum atomic E-state index is -0.238. The number of aromatic nitrogens is 2. The third kappa shape index (κ3) is 2.63. The smallest absolute Gasteiger partial charge is 0.245 e. The van der Waals surface area contributed by atoms with E-state index in [0.717, 1.165) is 43.0 Å². The first kappa shape index (κ1) is 13.7. The molecule has 1 unspecified atom stereocenters. The normalized spacial score (nSPS) is 16.1. The lowest BCUT2D eigenvalue weighted by Gasteiger charge is -2.22. The number of carbonyl (C=O) groups is 1. The molecule has 110 valence electrons. The number of carbonyl (C=O) groups excluding carboxylic acids is 1. The minimum absolute atomic E-state index is 0.169. The van der Waals surface area contributed by atoms with Gasteiger partial charge in [0.25, 0.3) is 0 Å². The summed E-state index contributed by atoms with van der Waals surface area (Å²) in [5.74, 6) is 0.970. The standard InChI is InChI=1S/C16H20N4O/c1-12(16(21)19-9-2-3-10-19)20-11-8-18-15(20)13-4-6-14(17)7-5-13/h4-8,11-12H,2-3,9-10,17H2,1H3. The molecule has 21 heavy (non-hydrogen) atoms. The number of amides is 1. The topological polar surface area (TPSA) is 64.2 Å². The Balaban J connectivity index is 1.87. The number of nitrogens with two attached hydrogens (primary N) is 1. The molecule has 0 bridgehead atoms. The van der Waals surface area contributed by atoms with E-state index < -0.39 is 0 Å².